The number of rotatable bonds is 4. The van der Waals surface area contributed by atoms with E-state index in [1.54, 1.807) is 6.20 Å². The molecular weight excluding hydrogens is 364 g/mol. The van der Waals surface area contributed by atoms with Gasteiger partial charge in [-0.1, -0.05) is 56.6 Å². The van der Waals surface area contributed by atoms with Crippen molar-refractivity contribution in [1.29, 1.82) is 0 Å². The second-order valence-corrected chi connectivity index (χ2v) is 8.77. The zero-order valence-electron chi connectivity index (χ0n) is 15.0. The van der Waals surface area contributed by atoms with Gasteiger partial charge in [-0.2, -0.15) is 0 Å². The van der Waals surface area contributed by atoms with E-state index in [1.165, 1.54) is 16.9 Å². The molecule has 26 heavy (non-hydrogen) atoms. The quantitative estimate of drug-likeness (QED) is 0.605. The Morgan fingerprint density at radius 3 is 2.35 bits per heavy atom. The normalized spacial score (nSPS) is 11.4. The molecule has 0 aliphatic rings. The summed E-state index contributed by atoms with van der Waals surface area (Å²) in [6, 6.07) is 15.5. The van der Waals surface area contributed by atoms with E-state index in [0.29, 0.717) is 10.7 Å². The molecule has 0 unspecified atom stereocenters. The third kappa shape index (κ3) is 4.71. The minimum atomic E-state index is -0.141. The SMILES string of the molecule is CC(C)(C)c1ccc(C(=O)Nc2ncc(Cc3ccc(Cl)cc3)s2)cc1. The highest BCUT2D eigenvalue weighted by Gasteiger charge is 2.15. The molecule has 2 aromatic carbocycles. The maximum absolute atomic E-state index is 12.4. The summed E-state index contributed by atoms with van der Waals surface area (Å²) in [6.07, 6.45) is 2.57. The van der Waals surface area contributed by atoms with Crippen LogP contribution in [0.3, 0.4) is 0 Å². The second kappa shape index (κ2) is 7.60. The van der Waals surface area contributed by atoms with Crippen molar-refractivity contribution in [3.05, 3.63) is 81.3 Å². The Hall–Kier alpha value is -2.17. The molecule has 0 saturated carbocycles. The van der Waals surface area contributed by atoms with E-state index in [9.17, 15) is 4.79 Å². The fraction of sp³-hybridized carbons (Fsp3) is 0.238. The second-order valence-electron chi connectivity index (χ2n) is 7.22. The summed E-state index contributed by atoms with van der Waals surface area (Å²) < 4.78 is 0. The first-order valence-electron chi connectivity index (χ1n) is 8.42. The van der Waals surface area contributed by atoms with Gasteiger partial charge >= 0.3 is 0 Å². The van der Waals surface area contributed by atoms with Crippen LogP contribution in [0.2, 0.25) is 5.02 Å². The van der Waals surface area contributed by atoms with Crippen molar-refractivity contribution in [2.45, 2.75) is 32.6 Å². The molecule has 1 amide bonds. The Balaban J connectivity index is 1.65. The maximum atomic E-state index is 12.4. The van der Waals surface area contributed by atoms with Gasteiger partial charge in [0.15, 0.2) is 5.13 Å². The van der Waals surface area contributed by atoms with Gasteiger partial charge in [-0.3, -0.25) is 10.1 Å². The smallest absolute Gasteiger partial charge is 0.257 e. The Labute approximate surface area is 163 Å². The van der Waals surface area contributed by atoms with Crippen LogP contribution in [-0.4, -0.2) is 10.9 Å². The summed E-state index contributed by atoms with van der Waals surface area (Å²) >= 11 is 7.40. The number of aromatic nitrogens is 1. The number of carbonyl (C=O) groups excluding carboxylic acids is 1. The van der Waals surface area contributed by atoms with Crippen molar-refractivity contribution >= 4 is 34.0 Å². The molecule has 0 radical (unpaired) electrons. The standard InChI is InChI=1S/C21H21ClN2OS/c1-21(2,3)16-8-6-15(7-9-16)19(25)24-20-23-13-18(26-20)12-14-4-10-17(22)11-5-14/h4-11,13H,12H2,1-3H3,(H,23,24,25). The van der Waals surface area contributed by atoms with Crippen LogP contribution in [0, 0.1) is 0 Å². The number of nitrogens with zero attached hydrogens (tertiary/aromatic N) is 1. The van der Waals surface area contributed by atoms with Gasteiger partial charge in [0.05, 0.1) is 0 Å². The number of anilines is 1. The van der Waals surface area contributed by atoms with Crippen molar-refractivity contribution in [1.82, 2.24) is 4.98 Å². The Morgan fingerprint density at radius 2 is 1.73 bits per heavy atom. The fourth-order valence-corrected chi connectivity index (χ4v) is 3.51. The van der Waals surface area contributed by atoms with Gasteiger partial charge in [0, 0.05) is 28.1 Å². The number of halogens is 1. The summed E-state index contributed by atoms with van der Waals surface area (Å²) in [5, 5.41) is 4.21. The van der Waals surface area contributed by atoms with Crippen LogP contribution in [0.1, 0.15) is 47.1 Å². The number of hydrogen-bond acceptors (Lipinski definition) is 3. The van der Waals surface area contributed by atoms with E-state index in [1.807, 2.05) is 48.5 Å². The van der Waals surface area contributed by atoms with Crippen LogP contribution in [0.25, 0.3) is 0 Å². The van der Waals surface area contributed by atoms with E-state index in [4.69, 9.17) is 11.6 Å². The van der Waals surface area contributed by atoms with Gasteiger partial charge in [-0.25, -0.2) is 4.98 Å². The Kier molecular flexibility index (Phi) is 5.44. The lowest BCUT2D eigenvalue weighted by Gasteiger charge is -2.18. The van der Waals surface area contributed by atoms with Crippen molar-refractivity contribution < 1.29 is 4.79 Å². The van der Waals surface area contributed by atoms with E-state index >= 15 is 0 Å². The highest BCUT2D eigenvalue weighted by molar-refractivity contribution is 7.15. The molecule has 0 fully saturated rings. The molecule has 3 rings (SSSR count). The number of thiazole rings is 1. The molecule has 1 N–H and O–H groups in total. The molecule has 1 heterocycles. The van der Waals surface area contributed by atoms with Gasteiger partial charge in [-0.05, 0) is 40.8 Å². The first kappa shape index (κ1) is 18.6. The molecule has 0 aliphatic carbocycles. The predicted molar refractivity (Wildman–Crippen MR) is 109 cm³/mol. The maximum Gasteiger partial charge on any atom is 0.257 e. The Bertz CT molecular complexity index is 893. The molecule has 134 valence electrons. The number of carbonyl (C=O) groups is 1. The van der Waals surface area contributed by atoms with E-state index in [2.05, 4.69) is 31.1 Å². The highest BCUT2D eigenvalue weighted by Crippen LogP contribution is 2.24. The van der Waals surface area contributed by atoms with Gasteiger partial charge in [0.2, 0.25) is 0 Å². The summed E-state index contributed by atoms with van der Waals surface area (Å²) in [5.74, 6) is -0.141. The monoisotopic (exact) mass is 384 g/mol. The van der Waals surface area contributed by atoms with Crippen LogP contribution in [0.15, 0.2) is 54.7 Å². The third-order valence-corrected chi connectivity index (χ3v) is 5.24. The average molecular weight is 385 g/mol. The number of benzene rings is 2. The van der Waals surface area contributed by atoms with Crippen LogP contribution < -0.4 is 5.32 Å². The van der Waals surface area contributed by atoms with Crippen LogP contribution in [0.4, 0.5) is 5.13 Å². The molecule has 1 aromatic heterocycles. The summed E-state index contributed by atoms with van der Waals surface area (Å²) in [5.41, 5.74) is 3.07. The molecule has 0 bridgehead atoms. The van der Waals surface area contributed by atoms with Gasteiger partial charge in [0.1, 0.15) is 0 Å². The minimum Gasteiger partial charge on any atom is -0.298 e. The number of amides is 1. The molecular formula is C21H21ClN2OS. The lowest BCUT2D eigenvalue weighted by molar-refractivity contribution is 0.102. The van der Waals surface area contributed by atoms with Crippen LogP contribution in [-0.2, 0) is 11.8 Å². The fourth-order valence-electron chi connectivity index (χ4n) is 2.54. The van der Waals surface area contributed by atoms with Crippen molar-refractivity contribution in [3.8, 4) is 0 Å². The van der Waals surface area contributed by atoms with Crippen molar-refractivity contribution in [2.75, 3.05) is 5.32 Å². The van der Waals surface area contributed by atoms with E-state index < -0.39 is 0 Å². The summed E-state index contributed by atoms with van der Waals surface area (Å²) in [4.78, 5) is 17.8. The van der Waals surface area contributed by atoms with Gasteiger partial charge < -0.3 is 0 Å². The third-order valence-electron chi connectivity index (χ3n) is 4.08. The van der Waals surface area contributed by atoms with Crippen molar-refractivity contribution in [3.63, 3.8) is 0 Å². The predicted octanol–water partition coefficient (Wildman–Crippen LogP) is 5.94. The van der Waals surface area contributed by atoms with E-state index in [0.717, 1.165) is 21.9 Å². The average Bonchev–Trinajstić information content (AvgIpc) is 3.03. The molecule has 0 spiro atoms. The molecule has 5 heteroatoms. The first-order chi connectivity index (χ1) is 12.3. The zero-order valence-corrected chi connectivity index (χ0v) is 16.6. The largest absolute Gasteiger partial charge is 0.298 e. The lowest BCUT2D eigenvalue weighted by atomic mass is 9.87. The highest BCUT2D eigenvalue weighted by atomic mass is 35.5. The van der Waals surface area contributed by atoms with Gasteiger partial charge in [-0.15, -0.1) is 11.3 Å². The Morgan fingerprint density at radius 1 is 1.08 bits per heavy atom. The number of nitrogens with one attached hydrogen (secondary N) is 1. The molecule has 0 aliphatic heterocycles. The molecule has 3 aromatic rings. The van der Waals surface area contributed by atoms with Gasteiger partial charge in [0.25, 0.3) is 5.91 Å². The zero-order chi connectivity index (χ0) is 18.7. The summed E-state index contributed by atoms with van der Waals surface area (Å²) in [7, 11) is 0. The molecule has 0 atom stereocenters. The summed E-state index contributed by atoms with van der Waals surface area (Å²) in [6.45, 7) is 6.46. The minimum absolute atomic E-state index is 0.0703. The van der Waals surface area contributed by atoms with Crippen LogP contribution >= 0.6 is 22.9 Å². The first-order valence-corrected chi connectivity index (χ1v) is 9.62. The van der Waals surface area contributed by atoms with Crippen molar-refractivity contribution in [2.24, 2.45) is 0 Å². The van der Waals surface area contributed by atoms with E-state index in [-0.39, 0.29) is 11.3 Å². The van der Waals surface area contributed by atoms with Crippen LogP contribution in [0.5, 0.6) is 0 Å². The number of hydrogen-bond donors (Lipinski definition) is 1. The molecule has 3 nitrogen and oxygen atoms in total. The lowest BCUT2D eigenvalue weighted by Crippen LogP contribution is -2.14. The molecule has 0 saturated heterocycles. The topological polar surface area (TPSA) is 42.0 Å².